The summed E-state index contributed by atoms with van der Waals surface area (Å²) >= 11 is 0. The molecule has 1 saturated heterocycles. The number of hydrogen-bond acceptors (Lipinski definition) is 4. The molecule has 7 nitrogen and oxygen atoms in total. The van der Waals surface area contributed by atoms with E-state index < -0.39 is 24.6 Å². The lowest BCUT2D eigenvalue weighted by atomic mass is 9.96. The Labute approximate surface area is 113 Å². The van der Waals surface area contributed by atoms with Crippen LogP contribution in [0.2, 0.25) is 0 Å². The molecule has 0 radical (unpaired) electrons. The molecular weight excluding hydrogens is 250 g/mol. The first kappa shape index (κ1) is 15.7. The molecule has 1 heterocycles. The fourth-order valence-electron chi connectivity index (χ4n) is 2.26. The van der Waals surface area contributed by atoms with Crippen LogP contribution in [0.25, 0.3) is 0 Å². The van der Waals surface area contributed by atoms with E-state index in [1.165, 1.54) is 0 Å². The summed E-state index contributed by atoms with van der Waals surface area (Å²) in [4.78, 5) is 26.3. The SMILES string of the molecule is CN(C)CC1CCN(C(=O)N[C@@H](CO)C(=O)O)CC1. The van der Waals surface area contributed by atoms with Crippen molar-refractivity contribution in [3.05, 3.63) is 0 Å². The zero-order chi connectivity index (χ0) is 14.4. The van der Waals surface area contributed by atoms with E-state index in [2.05, 4.69) is 10.2 Å². The lowest BCUT2D eigenvalue weighted by Gasteiger charge is -2.33. The number of carbonyl (C=O) groups excluding carboxylic acids is 1. The van der Waals surface area contributed by atoms with Crippen molar-refractivity contribution >= 4 is 12.0 Å². The molecule has 1 rings (SSSR count). The van der Waals surface area contributed by atoms with Gasteiger partial charge in [0, 0.05) is 19.6 Å². The van der Waals surface area contributed by atoms with Gasteiger partial charge in [-0.25, -0.2) is 9.59 Å². The molecule has 2 amide bonds. The number of aliphatic hydroxyl groups excluding tert-OH is 1. The van der Waals surface area contributed by atoms with Gasteiger partial charge in [-0.2, -0.15) is 0 Å². The maximum atomic E-state index is 11.8. The van der Waals surface area contributed by atoms with Crippen molar-refractivity contribution in [2.24, 2.45) is 5.92 Å². The number of nitrogens with zero attached hydrogens (tertiary/aromatic N) is 2. The van der Waals surface area contributed by atoms with E-state index in [0.29, 0.717) is 19.0 Å². The minimum Gasteiger partial charge on any atom is -0.480 e. The molecule has 19 heavy (non-hydrogen) atoms. The third kappa shape index (κ3) is 5.04. The molecule has 0 aromatic rings. The van der Waals surface area contributed by atoms with E-state index in [9.17, 15) is 9.59 Å². The Morgan fingerprint density at radius 3 is 2.37 bits per heavy atom. The quantitative estimate of drug-likeness (QED) is 0.623. The molecule has 0 bridgehead atoms. The summed E-state index contributed by atoms with van der Waals surface area (Å²) in [7, 11) is 4.05. The van der Waals surface area contributed by atoms with E-state index in [0.717, 1.165) is 19.4 Å². The van der Waals surface area contributed by atoms with E-state index in [1.54, 1.807) is 4.90 Å². The van der Waals surface area contributed by atoms with E-state index in [1.807, 2.05) is 14.1 Å². The molecule has 1 aliphatic heterocycles. The third-order valence-corrected chi connectivity index (χ3v) is 3.30. The number of carboxylic acid groups (broad SMARTS) is 1. The van der Waals surface area contributed by atoms with Crippen LogP contribution < -0.4 is 5.32 Å². The third-order valence-electron chi connectivity index (χ3n) is 3.30. The van der Waals surface area contributed by atoms with Crippen molar-refractivity contribution in [2.45, 2.75) is 18.9 Å². The van der Waals surface area contributed by atoms with Crippen molar-refractivity contribution in [2.75, 3.05) is 40.3 Å². The molecule has 3 N–H and O–H groups in total. The van der Waals surface area contributed by atoms with Crippen LogP contribution >= 0.6 is 0 Å². The number of nitrogens with one attached hydrogen (secondary N) is 1. The van der Waals surface area contributed by atoms with Gasteiger partial charge < -0.3 is 25.3 Å². The van der Waals surface area contributed by atoms with Gasteiger partial charge in [0.2, 0.25) is 0 Å². The van der Waals surface area contributed by atoms with E-state index in [-0.39, 0.29) is 0 Å². The predicted molar refractivity (Wildman–Crippen MR) is 69.9 cm³/mol. The van der Waals surface area contributed by atoms with Crippen LogP contribution in [-0.2, 0) is 4.79 Å². The summed E-state index contributed by atoms with van der Waals surface area (Å²) in [5, 5.41) is 19.9. The second-order valence-corrected chi connectivity index (χ2v) is 5.22. The summed E-state index contributed by atoms with van der Waals surface area (Å²) in [5.74, 6) is -0.648. The van der Waals surface area contributed by atoms with Gasteiger partial charge in [-0.1, -0.05) is 0 Å². The van der Waals surface area contributed by atoms with Crippen LogP contribution in [-0.4, -0.2) is 78.4 Å². The second-order valence-electron chi connectivity index (χ2n) is 5.22. The van der Waals surface area contributed by atoms with Gasteiger partial charge in [-0.15, -0.1) is 0 Å². The van der Waals surface area contributed by atoms with Crippen LogP contribution in [0.1, 0.15) is 12.8 Å². The number of urea groups is 1. The standard InChI is InChI=1S/C12H23N3O4/c1-14(2)7-9-3-5-15(6-4-9)12(19)13-10(8-16)11(17)18/h9-10,16H,3-8H2,1-2H3,(H,13,19)(H,17,18)/t10-/m0/s1. The highest BCUT2D eigenvalue weighted by atomic mass is 16.4. The molecule has 0 saturated carbocycles. The Balaban J connectivity index is 2.38. The molecule has 0 spiro atoms. The van der Waals surface area contributed by atoms with Gasteiger partial charge >= 0.3 is 12.0 Å². The fraction of sp³-hybridized carbons (Fsp3) is 0.833. The van der Waals surface area contributed by atoms with E-state index in [4.69, 9.17) is 10.2 Å². The lowest BCUT2D eigenvalue weighted by molar-refractivity contribution is -0.140. The Hall–Kier alpha value is -1.34. The van der Waals surface area contributed by atoms with Crippen molar-refractivity contribution in [3.63, 3.8) is 0 Å². The van der Waals surface area contributed by atoms with Gasteiger partial charge in [0.1, 0.15) is 0 Å². The summed E-state index contributed by atoms with van der Waals surface area (Å²) < 4.78 is 0. The van der Waals surface area contributed by atoms with Crippen molar-refractivity contribution in [3.8, 4) is 0 Å². The van der Waals surface area contributed by atoms with Gasteiger partial charge in [0.15, 0.2) is 6.04 Å². The Morgan fingerprint density at radius 2 is 1.95 bits per heavy atom. The zero-order valence-electron chi connectivity index (χ0n) is 11.5. The topological polar surface area (TPSA) is 93.1 Å². The smallest absolute Gasteiger partial charge is 0.328 e. The van der Waals surface area contributed by atoms with Gasteiger partial charge in [0.25, 0.3) is 0 Å². The predicted octanol–water partition coefficient (Wildman–Crippen LogP) is -0.585. The summed E-state index contributed by atoms with van der Waals surface area (Å²) in [6.45, 7) is 1.66. The zero-order valence-corrected chi connectivity index (χ0v) is 11.5. The number of hydrogen-bond donors (Lipinski definition) is 3. The van der Waals surface area contributed by atoms with Crippen LogP contribution in [0.15, 0.2) is 0 Å². The Morgan fingerprint density at radius 1 is 1.37 bits per heavy atom. The van der Waals surface area contributed by atoms with Crippen LogP contribution in [0.5, 0.6) is 0 Å². The number of piperidine rings is 1. The highest BCUT2D eigenvalue weighted by molar-refractivity contribution is 5.82. The molecule has 0 aliphatic carbocycles. The normalized spacial score (nSPS) is 18.4. The van der Waals surface area contributed by atoms with Crippen molar-refractivity contribution < 1.29 is 19.8 Å². The molecule has 7 heteroatoms. The van der Waals surface area contributed by atoms with Crippen molar-refractivity contribution in [1.29, 1.82) is 0 Å². The highest BCUT2D eigenvalue weighted by Gasteiger charge is 2.26. The number of aliphatic carboxylic acids is 1. The lowest BCUT2D eigenvalue weighted by Crippen LogP contribution is -2.51. The number of amides is 2. The first-order valence-corrected chi connectivity index (χ1v) is 6.48. The molecule has 1 aliphatic rings. The minimum absolute atomic E-state index is 0.412. The Bertz CT molecular complexity index is 314. The molecular formula is C12H23N3O4. The highest BCUT2D eigenvalue weighted by Crippen LogP contribution is 2.17. The maximum absolute atomic E-state index is 11.8. The molecule has 1 fully saturated rings. The average Bonchev–Trinajstić information content (AvgIpc) is 2.35. The van der Waals surface area contributed by atoms with E-state index >= 15 is 0 Å². The molecule has 1 atom stereocenters. The number of carboxylic acids is 1. The van der Waals surface area contributed by atoms with Crippen molar-refractivity contribution in [1.82, 2.24) is 15.1 Å². The van der Waals surface area contributed by atoms with Gasteiger partial charge in [-0.05, 0) is 32.9 Å². The maximum Gasteiger partial charge on any atom is 0.328 e. The first-order chi connectivity index (χ1) is 8.93. The second kappa shape index (κ2) is 7.30. The summed E-state index contributed by atoms with van der Waals surface area (Å²) in [6, 6.07) is -1.64. The number of rotatable bonds is 5. The molecule has 110 valence electrons. The summed E-state index contributed by atoms with van der Waals surface area (Å²) in [5.41, 5.74) is 0. The minimum atomic E-state index is -1.23. The van der Waals surface area contributed by atoms with Gasteiger partial charge in [-0.3, -0.25) is 0 Å². The monoisotopic (exact) mass is 273 g/mol. The summed E-state index contributed by atoms with van der Waals surface area (Å²) in [6.07, 6.45) is 1.84. The van der Waals surface area contributed by atoms with Crippen LogP contribution in [0, 0.1) is 5.92 Å². The van der Waals surface area contributed by atoms with Crippen LogP contribution in [0.4, 0.5) is 4.79 Å². The largest absolute Gasteiger partial charge is 0.480 e. The average molecular weight is 273 g/mol. The van der Waals surface area contributed by atoms with Gasteiger partial charge in [0.05, 0.1) is 6.61 Å². The Kier molecular flexibility index (Phi) is 6.04. The first-order valence-electron chi connectivity index (χ1n) is 6.48. The van der Waals surface area contributed by atoms with Crippen LogP contribution in [0.3, 0.4) is 0 Å². The number of likely N-dealkylation sites (tertiary alicyclic amines) is 1. The molecule has 0 aromatic heterocycles. The molecule has 0 unspecified atom stereocenters. The fourth-order valence-corrected chi connectivity index (χ4v) is 2.26. The number of carbonyl (C=O) groups is 2. The molecule has 0 aromatic carbocycles. The number of aliphatic hydroxyl groups is 1.